The zero-order valence-electron chi connectivity index (χ0n) is 70.8. The van der Waals surface area contributed by atoms with E-state index in [1.807, 2.05) is 0 Å². The minimum Gasteiger partial charge on any atom is -0.468 e. The van der Waals surface area contributed by atoms with Crippen LogP contribution in [-0.2, 0) is 16.2 Å². The Balaban J connectivity index is 1.31. The molecule has 0 aliphatic carbocycles. The first-order chi connectivity index (χ1) is 48.2. The van der Waals surface area contributed by atoms with Gasteiger partial charge in [-0.15, -0.1) is 0 Å². The second-order valence-electron chi connectivity index (χ2n) is 21.9. The van der Waals surface area contributed by atoms with Gasteiger partial charge in [-0.3, -0.25) is 0 Å². The van der Waals surface area contributed by atoms with E-state index >= 15 is 0 Å². The van der Waals surface area contributed by atoms with Crippen LogP contribution in [0.3, 0.4) is 0 Å². The highest BCUT2D eigenvalue weighted by molar-refractivity contribution is 7.00. The number of anilines is 9. The molecular formula is C68H57BN4O2. The molecule has 0 radical (unpaired) electrons. The van der Waals surface area contributed by atoms with Gasteiger partial charge in [0.15, 0.2) is 5.58 Å². The molecular weight excluding hydrogens is 916 g/mol. The van der Waals surface area contributed by atoms with Gasteiger partial charge in [-0.2, -0.15) is 0 Å². The van der Waals surface area contributed by atoms with Crippen LogP contribution < -0.4 is 31.3 Å². The Kier molecular flexibility index (Phi) is 4.80. The predicted octanol–water partition coefficient (Wildman–Crippen LogP) is 17.2. The maximum Gasteiger partial charge on any atom is 0.297 e. The molecule has 0 fully saturated rings. The quantitative estimate of drug-likeness (QED) is 0.164. The van der Waals surface area contributed by atoms with E-state index in [1.54, 1.807) is 62.3 Å². The zero-order chi connectivity index (χ0) is 76.3. The SMILES string of the molecule is [2H]c1cc(N(c2c([2H])c([2H])c([2H])c([2H])c2[2H])c2c([2H])c3c4c(c2[2H])N2c5c(c([2H])c([2H])c([2H])c5-n5c6c([2H])c([2H])c(C(C)(C)C)c([2H])c6c6c([2H])c(C(C)(C)C)c([2H])c2c65)B4c2oc4c([2H])c([2H])c(C(C)(C)C)c([2H])c4c2N3c2c([2H])c([2H])c([2H])c3c2oc2c([2H])c([2H])c([2H])c([2H])c23)c([2H])c([2H])c1[2H]. The van der Waals surface area contributed by atoms with Crippen molar-refractivity contribution in [1.82, 2.24) is 4.57 Å². The number of rotatable bonds is 4. The van der Waals surface area contributed by atoms with Gasteiger partial charge in [0.2, 0.25) is 0 Å². The van der Waals surface area contributed by atoms with Gasteiger partial charge in [0.1, 0.15) is 11.2 Å². The lowest BCUT2D eigenvalue weighted by Crippen LogP contribution is -2.61. The second-order valence-corrected chi connectivity index (χ2v) is 21.9. The summed E-state index contributed by atoms with van der Waals surface area (Å²) >= 11 is 0. The minimum atomic E-state index is -1.98. The fourth-order valence-electron chi connectivity index (χ4n) is 10.5. The second kappa shape index (κ2) is 15.1. The van der Waals surface area contributed by atoms with Crippen molar-refractivity contribution in [3.63, 3.8) is 0 Å². The smallest absolute Gasteiger partial charge is 0.297 e. The molecule has 0 saturated heterocycles. The number of para-hydroxylation sites is 5. The van der Waals surface area contributed by atoms with Gasteiger partial charge in [-0.25, -0.2) is 0 Å². The van der Waals surface area contributed by atoms with Crippen LogP contribution in [0.4, 0.5) is 51.2 Å². The van der Waals surface area contributed by atoms with Crippen molar-refractivity contribution < 1.29 is 48.6 Å². The van der Waals surface area contributed by atoms with Gasteiger partial charge >= 0.3 is 0 Å². The van der Waals surface area contributed by atoms with E-state index in [9.17, 15) is 31.5 Å². The highest BCUT2D eigenvalue weighted by Crippen LogP contribution is 2.56. The van der Waals surface area contributed by atoms with E-state index < -0.39 is 276 Å². The maximum atomic E-state index is 11.3. The standard InChI is InChI=1S/C68H57BN4O2/c1-66(2,3)40-30-32-52-48(34-40)49-36-42(68(7,8)9)37-57-61(49)71(52)53-27-19-26-51-63(53)73(57)56-39-45(70(43-20-12-10-13-21-43)44-22-14-11-15-23-44)38-55-60(56)69(51)65-62(50-35-41(67(4,5)6)31-33-59(50)75-65)72(55)54-28-18-25-47-46-24-16-17-29-58(46)74-64(47)54/h10-39H,1-9H3/i10D,11D,12D,13D,14D,15D,16D,17D,18D,19D,20D,21D,22D,24D,25D,26D,27D,28D,29D,30D,31D,32D,33D,34D,35D,36D,37D,38D,39D. The molecule has 0 spiro atoms. The van der Waals surface area contributed by atoms with E-state index in [0.29, 0.717) is 4.90 Å². The number of benzene rings is 9. The number of hydrogen-bond acceptors (Lipinski definition) is 5. The third-order valence-electron chi connectivity index (χ3n) is 14.0. The summed E-state index contributed by atoms with van der Waals surface area (Å²) in [7, 11) is 0. The third-order valence-corrected chi connectivity index (χ3v) is 14.0. The van der Waals surface area contributed by atoms with Crippen LogP contribution in [0.2, 0.25) is 0 Å². The Morgan fingerprint density at radius 1 is 0.440 bits per heavy atom. The summed E-state index contributed by atoms with van der Waals surface area (Å²) in [6.07, 6.45) is 0. The van der Waals surface area contributed by atoms with Crippen LogP contribution in [0.1, 0.15) is 119 Å². The monoisotopic (exact) mass is 1000 g/mol. The Labute approximate surface area is 478 Å². The number of aromatic nitrogens is 1. The van der Waals surface area contributed by atoms with Crippen LogP contribution in [0.15, 0.2) is 190 Å². The van der Waals surface area contributed by atoms with E-state index in [2.05, 4.69) is 0 Å². The molecule has 9 aromatic carbocycles. The normalized spacial score (nSPS) is 19.3. The fraction of sp³-hybridized carbons (Fsp3) is 0.176. The Hall–Kier alpha value is -8.42. The van der Waals surface area contributed by atoms with Crippen LogP contribution in [0.5, 0.6) is 0 Å². The van der Waals surface area contributed by atoms with Crippen LogP contribution in [-0.4, -0.2) is 11.3 Å². The predicted molar refractivity (Wildman–Crippen MR) is 316 cm³/mol. The number of nitrogens with zero attached hydrogens (tertiary/aromatic N) is 4. The highest BCUT2D eigenvalue weighted by atomic mass is 16.3. The minimum absolute atomic E-state index is 0.0516. The molecule has 15 rings (SSSR count). The van der Waals surface area contributed by atoms with Gasteiger partial charge in [-0.05, 0) is 135 Å². The molecule has 0 bridgehead atoms. The number of fused-ring (bicyclic) bond motifs is 14. The molecule has 6 nitrogen and oxygen atoms in total. The van der Waals surface area contributed by atoms with Crippen molar-refractivity contribution >= 4 is 129 Å². The highest BCUT2D eigenvalue weighted by Gasteiger charge is 2.50. The lowest BCUT2D eigenvalue weighted by atomic mass is 9.35. The Morgan fingerprint density at radius 3 is 1.81 bits per heavy atom. The zero-order valence-corrected chi connectivity index (χ0v) is 41.8. The molecule has 0 amide bonds. The Bertz CT molecular complexity index is 6130. The van der Waals surface area contributed by atoms with Gasteiger partial charge in [0.25, 0.3) is 6.71 Å². The van der Waals surface area contributed by atoms with Crippen LogP contribution in [0.25, 0.3) is 60.4 Å². The lowest BCUT2D eigenvalue weighted by Gasteiger charge is -2.45. The molecule has 12 aromatic rings. The van der Waals surface area contributed by atoms with Crippen molar-refractivity contribution in [2.24, 2.45) is 0 Å². The van der Waals surface area contributed by atoms with Crippen LogP contribution >= 0.6 is 0 Å². The first kappa shape index (κ1) is 23.8. The van der Waals surface area contributed by atoms with Gasteiger partial charge < -0.3 is 28.1 Å². The third kappa shape index (κ3) is 6.21. The summed E-state index contributed by atoms with van der Waals surface area (Å²) in [5, 5.41) is -1.68. The first-order valence-corrected chi connectivity index (χ1v) is 24.2. The van der Waals surface area contributed by atoms with Crippen molar-refractivity contribution in [2.45, 2.75) is 78.6 Å². The largest absolute Gasteiger partial charge is 0.468 e. The fourth-order valence-corrected chi connectivity index (χ4v) is 10.5. The molecule has 364 valence electrons. The molecule has 3 aliphatic rings. The summed E-state index contributed by atoms with van der Waals surface area (Å²) in [4.78, 5) is 2.87. The summed E-state index contributed by atoms with van der Waals surface area (Å²) < 4.78 is 299. The van der Waals surface area contributed by atoms with Gasteiger partial charge in [0, 0.05) is 49.7 Å². The first-order valence-electron chi connectivity index (χ1n) is 38.7. The molecule has 0 saturated carbocycles. The van der Waals surface area contributed by atoms with E-state index in [4.69, 9.17) is 17.1 Å². The summed E-state index contributed by atoms with van der Waals surface area (Å²) in [6, 6.07) is -22.5. The average molecular weight is 1000 g/mol. The molecule has 0 N–H and O–H groups in total. The Morgan fingerprint density at radius 2 is 1.05 bits per heavy atom. The van der Waals surface area contributed by atoms with Gasteiger partial charge in [0.05, 0.1) is 90.6 Å². The summed E-state index contributed by atoms with van der Waals surface area (Å²) in [5.74, 6) is 0. The van der Waals surface area contributed by atoms with E-state index in [-0.39, 0.29) is 67.4 Å². The average Bonchev–Trinajstić information content (AvgIpc) is 1.30. The summed E-state index contributed by atoms with van der Waals surface area (Å²) in [5.41, 5.74) is -13.7. The molecule has 6 heterocycles. The van der Waals surface area contributed by atoms with Crippen molar-refractivity contribution in [3.8, 4) is 5.69 Å². The molecule has 3 aromatic heterocycles. The topological polar surface area (TPSA) is 40.9 Å². The lowest BCUT2D eigenvalue weighted by molar-refractivity contribution is 0.590. The number of furan rings is 2. The number of hydrogen-bond donors (Lipinski definition) is 0. The van der Waals surface area contributed by atoms with E-state index in [0.717, 1.165) is 11.0 Å². The van der Waals surface area contributed by atoms with Crippen molar-refractivity contribution in [3.05, 3.63) is 198 Å². The maximum absolute atomic E-state index is 11.3. The van der Waals surface area contributed by atoms with Crippen molar-refractivity contribution in [1.29, 1.82) is 0 Å². The van der Waals surface area contributed by atoms with Crippen LogP contribution in [0, 0.1) is 0 Å². The molecule has 0 unspecified atom stereocenters. The van der Waals surface area contributed by atoms with E-state index in [1.165, 1.54) is 9.47 Å². The molecule has 3 aliphatic heterocycles. The van der Waals surface area contributed by atoms with Crippen molar-refractivity contribution in [2.75, 3.05) is 14.7 Å². The molecule has 7 heteroatoms. The van der Waals surface area contributed by atoms with Gasteiger partial charge in [-0.1, -0.05) is 153 Å². The molecule has 75 heavy (non-hydrogen) atoms. The molecule has 0 atom stereocenters. The summed E-state index contributed by atoms with van der Waals surface area (Å²) in [6.45, 7) is 13.2.